The minimum absolute atomic E-state index is 0.0278. The van der Waals surface area contributed by atoms with E-state index in [-0.39, 0.29) is 23.2 Å². The van der Waals surface area contributed by atoms with Gasteiger partial charge in [-0.3, -0.25) is 4.79 Å². The molecule has 0 aromatic heterocycles. The van der Waals surface area contributed by atoms with Gasteiger partial charge in [-0.05, 0) is 24.2 Å². The van der Waals surface area contributed by atoms with Crippen LogP contribution in [0.1, 0.15) is 33.1 Å². The molecule has 68 valence electrons. The van der Waals surface area contributed by atoms with E-state index in [9.17, 15) is 9.90 Å². The van der Waals surface area contributed by atoms with Crippen molar-refractivity contribution in [1.29, 1.82) is 0 Å². The van der Waals surface area contributed by atoms with Crippen LogP contribution in [-0.2, 0) is 4.79 Å². The molecule has 3 atom stereocenters. The molecule has 2 saturated carbocycles. The molecule has 0 saturated heterocycles. The summed E-state index contributed by atoms with van der Waals surface area (Å²) in [6, 6.07) is 0. The first-order valence-electron chi connectivity index (χ1n) is 4.73. The number of carbonyl (C=O) groups excluding carboxylic acids is 1. The van der Waals surface area contributed by atoms with Crippen molar-refractivity contribution in [2.75, 3.05) is 0 Å². The van der Waals surface area contributed by atoms with Crippen LogP contribution in [0.3, 0.4) is 0 Å². The maximum Gasteiger partial charge on any atom is 0.139 e. The van der Waals surface area contributed by atoms with E-state index in [2.05, 4.69) is 13.8 Å². The van der Waals surface area contributed by atoms with Gasteiger partial charge in [0.2, 0.25) is 0 Å². The van der Waals surface area contributed by atoms with Gasteiger partial charge in [0.05, 0.1) is 6.10 Å². The van der Waals surface area contributed by atoms with Gasteiger partial charge in [-0.25, -0.2) is 0 Å². The average molecular weight is 168 g/mol. The summed E-state index contributed by atoms with van der Waals surface area (Å²) < 4.78 is 0. The number of Topliss-reactive ketones (excluding diaryl/α,β-unsaturated/α-hetero) is 1. The van der Waals surface area contributed by atoms with Gasteiger partial charge in [-0.1, -0.05) is 13.8 Å². The SMILES string of the molecule is CC1(C)CC(=O)[C@@H]2[C@H](O)CC[C@@H]21. The van der Waals surface area contributed by atoms with Crippen LogP contribution >= 0.6 is 0 Å². The zero-order valence-corrected chi connectivity index (χ0v) is 7.71. The maximum absolute atomic E-state index is 11.5. The molecule has 12 heavy (non-hydrogen) atoms. The molecular weight excluding hydrogens is 152 g/mol. The van der Waals surface area contributed by atoms with Crippen molar-refractivity contribution in [2.45, 2.75) is 39.2 Å². The van der Waals surface area contributed by atoms with Gasteiger partial charge in [-0.15, -0.1) is 0 Å². The monoisotopic (exact) mass is 168 g/mol. The number of fused-ring (bicyclic) bond motifs is 1. The fraction of sp³-hybridized carbons (Fsp3) is 0.900. The van der Waals surface area contributed by atoms with Gasteiger partial charge in [0.25, 0.3) is 0 Å². The largest absolute Gasteiger partial charge is 0.392 e. The van der Waals surface area contributed by atoms with Crippen molar-refractivity contribution in [3.05, 3.63) is 0 Å². The number of aliphatic hydroxyl groups excluding tert-OH is 1. The van der Waals surface area contributed by atoms with Crippen LogP contribution in [0.5, 0.6) is 0 Å². The lowest BCUT2D eigenvalue weighted by Crippen LogP contribution is -2.23. The average Bonchev–Trinajstić information content (AvgIpc) is 2.38. The first-order valence-corrected chi connectivity index (χ1v) is 4.73. The van der Waals surface area contributed by atoms with E-state index in [1.54, 1.807) is 0 Å². The summed E-state index contributed by atoms with van der Waals surface area (Å²) in [6.07, 6.45) is 2.18. The summed E-state index contributed by atoms with van der Waals surface area (Å²) >= 11 is 0. The van der Waals surface area contributed by atoms with Crippen LogP contribution in [0.25, 0.3) is 0 Å². The molecule has 2 nitrogen and oxygen atoms in total. The van der Waals surface area contributed by atoms with Crippen molar-refractivity contribution in [3.8, 4) is 0 Å². The summed E-state index contributed by atoms with van der Waals surface area (Å²) in [6.45, 7) is 4.29. The zero-order chi connectivity index (χ0) is 8.93. The molecule has 0 spiro atoms. The van der Waals surface area contributed by atoms with Gasteiger partial charge in [0.1, 0.15) is 5.78 Å². The van der Waals surface area contributed by atoms with Crippen molar-refractivity contribution < 1.29 is 9.90 Å². The molecule has 0 amide bonds. The normalized spacial score (nSPS) is 44.9. The number of hydrogen-bond acceptors (Lipinski definition) is 2. The van der Waals surface area contributed by atoms with Gasteiger partial charge in [0, 0.05) is 12.3 Å². The third-order valence-corrected chi connectivity index (χ3v) is 3.63. The maximum atomic E-state index is 11.5. The Kier molecular flexibility index (Phi) is 1.59. The van der Waals surface area contributed by atoms with Gasteiger partial charge in [0.15, 0.2) is 0 Å². The molecule has 2 fully saturated rings. The molecule has 0 heterocycles. The van der Waals surface area contributed by atoms with E-state index in [0.717, 1.165) is 12.8 Å². The first-order chi connectivity index (χ1) is 5.52. The molecular formula is C10H16O2. The second-order valence-electron chi connectivity index (χ2n) is 4.91. The Labute approximate surface area is 73.0 Å². The molecule has 2 aliphatic rings. The summed E-state index contributed by atoms with van der Waals surface area (Å²) in [5.74, 6) is 0.704. The highest BCUT2D eigenvalue weighted by Crippen LogP contribution is 2.52. The minimum atomic E-state index is -0.343. The molecule has 0 aromatic rings. The molecule has 2 rings (SSSR count). The predicted octanol–water partition coefficient (Wildman–Crippen LogP) is 1.37. The third-order valence-electron chi connectivity index (χ3n) is 3.63. The van der Waals surface area contributed by atoms with Crippen molar-refractivity contribution in [2.24, 2.45) is 17.3 Å². The Morgan fingerprint density at radius 2 is 2.08 bits per heavy atom. The smallest absolute Gasteiger partial charge is 0.139 e. The Balaban J connectivity index is 2.29. The zero-order valence-electron chi connectivity index (χ0n) is 7.71. The van der Waals surface area contributed by atoms with Crippen LogP contribution < -0.4 is 0 Å². The molecule has 0 bridgehead atoms. The van der Waals surface area contributed by atoms with Crippen LogP contribution in [-0.4, -0.2) is 17.0 Å². The summed E-state index contributed by atoms with van der Waals surface area (Å²) in [5.41, 5.74) is 0.138. The highest BCUT2D eigenvalue weighted by molar-refractivity contribution is 5.85. The highest BCUT2D eigenvalue weighted by Gasteiger charge is 2.53. The molecule has 0 aromatic carbocycles. The van der Waals surface area contributed by atoms with Gasteiger partial charge in [-0.2, -0.15) is 0 Å². The van der Waals surface area contributed by atoms with E-state index in [0.29, 0.717) is 12.3 Å². The van der Waals surface area contributed by atoms with Gasteiger partial charge >= 0.3 is 0 Å². The van der Waals surface area contributed by atoms with Crippen molar-refractivity contribution in [1.82, 2.24) is 0 Å². The Hall–Kier alpha value is -0.370. The van der Waals surface area contributed by atoms with E-state index in [1.807, 2.05) is 0 Å². The number of rotatable bonds is 0. The fourth-order valence-electron chi connectivity index (χ4n) is 2.99. The van der Waals surface area contributed by atoms with E-state index in [1.165, 1.54) is 0 Å². The summed E-state index contributed by atoms with van der Waals surface area (Å²) in [7, 11) is 0. The molecule has 2 aliphatic carbocycles. The molecule has 2 heteroatoms. The van der Waals surface area contributed by atoms with Crippen LogP contribution in [0, 0.1) is 17.3 Å². The third kappa shape index (κ3) is 0.939. The second-order valence-corrected chi connectivity index (χ2v) is 4.91. The number of carbonyl (C=O) groups is 1. The van der Waals surface area contributed by atoms with Crippen LogP contribution in [0.4, 0.5) is 0 Å². The minimum Gasteiger partial charge on any atom is -0.392 e. The Bertz CT molecular complexity index is 220. The lowest BCUT2D eigenvalue weighted by atomic mass is 9.80. The van der Waals surface area contributed by atoms with Gasteiger partial charge < -0.3 is 5.11 Å². The fourth-order valence-corrected chi connectivity index (χ4v) is 2.99. The predicted molar refractivity (Wildman–Crippen MR) is 45.6 cm³/mol. The summed E-state index contributed by atoms with van der Waals surface area (Å²) in [5, 5.41) is 9.58. The van der Waals surface area contributed by atoms with Crippen LogP contribution in [0.15, 0.2) is 0 Å². The molecule has 0 unspecified atom stereocenters. The quantitative estimate of drug-likeness (QED) is 0.593. The highest BCUT2D eigenvalue weighted by atomic mass is 16.3. The lowest BCUT2D eigenvalue weighted by Gasteiger charge is -2.24. The molecule has 0 aliphatic heterocycles. The van der Waals surface area contributed by atoms with Crippen molar-refractivity contribution in [3.63, 3.8) is 0 Å². The van der Waals surface area contributed by atoms with E-state index >= 15 is 0 Å². The topological polar surface area (TPSA) is 37.3 Å². The number of aliphatic hydroxyl groups is 1. The summed E-state index contributed by atoms with van der Waals surface area (Å²) in [4.78, 5) is 11.5. The van der Waals surface area contributed by atoms with E-state index < -0.39 is 0 Å². The second kappa shape index (κ2) is 2.32. The Morgan fingerprint density at radius 1 is 1.42 bits per heavy atom. The lowest BCUT2D eigenvalue weighted by molar-refractivity contribution is -0.123. The molecule has 1 N–H and O–H groups in total. The number of hydrogen-bond donors (Lipinski definition) is 1. The standard InChI is InChI=1S/C10H16O2/c1-10(2)5-8(12)9-6(10)3-4-7(9)11/h6-7,9,11H,3-5H2,1-2H3/t6-,7+,9-/m0/s1. The number of ketones is 1. The molecule has 0 radical (unpaired) electrons. The first kappa shape index (κ1) is 8.24. The van der Waals surface area contributed by atoms with Crippen LogP contribution in [0.2, 0.25) is 0 Å². The van der Waals surface area contributed by atoms with Crippen molar-refractivity contribution >= 4 is 5.78 Å². The van der Waals surface area contributed by atoms with E-state index in [4.69, 9.17) is 0 Å². The Morgan fingerprint density at radius 3 is 2.67 bits per heavy atom.